The number of nitrogens with zero attached hydrogens (tertiary/aromatic N) is 2. The lowest BCUT2D eigenvalue weighted by molar-refractivity contribution is -0.140. The van der Waals surface area contributed by atoms with Crippen LogP contribution in [0.15, 0.2) is 48.7 Å². The summed E-state index contributed by atoms with van der Waals surface area (Å²) in [4.78, 5) is 39.6. The number of urea groups is 1. The van der Waals surface area contributed by atoms with Crippen molar-refractivity contribution in [1.29, 1.82) is 0 Å². The number of amides is 4. The lowest BCUT2D eigenvalue weighted by Crippen LogP contribution is -2.58. The van der Waals surface area contributed by atoms with E-state index in [1.165, 1.54) is 6.08 Å². The number of carbonyl (C=O) groups excluding carboxylic acids is 3. The van der Waals surface area contributed by atoms with Crippen molar-refractivity contribution >= 4 is 29.2 Å². The summed E-state index contributed by atoms with van der Waals surface area (Å²) in [6, 6.07) is 6.84. The Balaban J connectivity index is 2.28. The van der Waals surface area contributed by atoms with Crippen LogP contribution in [0.5, 0.6) is 0 Å². The predicted molar refractivity (Wildman–Crippen MR) is 97.1 cm³/mol. The van der Waals surface area contributed by atoms with Crippen molar-refractivity contribution in [2.24, 2.45) is 5.92 Å². The molecule has 4 amide bonds. The lowest BCUT2D eigenvalue weighted by atomic mass is 9.99. The molecule has 0 unspecified atom stereocenters. The van der Waals surface area contributed by atoms with E-state index in [1.807, 2.05) is 43.3 Å². The highest BCUT2D eigenvalue weighted by Crippen LogP contribution is 2.24. The van der Waals surface area contributed by atoms with Crippen molar-refractivity contribution < 1.29 is 14.4 Å². The first kappa shape index (κ1) is 18.3. The standard InChI is InChI=1S/C18H22N4O3/c1-5-10-22-17(24)15(16(23)20-18(22)25)14(6-2)19-12-8-7-9-13(11-12)21(3)4/h5-9,11,15,19H,1,10H2,2-4H3,(H,20,23,25)/b14-6-/t15-/m1/s1. The molecule has 7 heteroatoms. The molecular formula is C18H22N4O3. The van der Waals surface area contributed by atoms with Gasteiger partial charge in [-0.25, -0.2) is 4.79 Å². The molecule has 0 saturated carbocycles. The minimum Gasteiger partial charge on any atom is -0.378 e. The summed E-state index contributed by atoms with van der Waals surface area (Å²) in [5, 5.41) is 5.34. The fraction of sp³-hybridized carbons (Fsp3) is 0.278. The van der Waals surface area contributed by atoms with E-state index < -0.39 is 23.8 Å². The second-order valence-electron chi connectivity index (χ2n) is 5.78. The van der Waals surface area contributed by atoms with Crippen LogP contribution in [0.4, 0.5) is 16.2 Å². The van der Waals surface area contributed by atoms with Crippen LogP contribution in [-0.2, 0) is 9.59 Å². The highest BCUT2D eigenvalue weighted by molar-refractivity contribution is 6.18. The van der Waals surface area contributed by atoms with Gasteiger partial charge in [-0.3, -0.25) is 19.8 Å². The van der Waals surface area contributed by atoms with Crippen LogP contribution in [0.3, 0.4) is 0 Å². The number of hydrogen-bond donors (Lipinski definition) is 2. The third-order valence-corrected chi connectivity index (χ3v) is 3.84. The van der Waals surface area contributed by atoms with Gasteiger partial charge in [-0.1, -0.05) is 18.2 Å². The second-order valence-corrected chi connectivity index (χ2v) is 5.78. The average Bonchev–Trinajstić information content (AvgIpc) is 2.57. The molecule has 0 bridgehead atoms. The van der Waals surface area contributed by atoms with Crippen LogP contribution in [-0.4, -0.2) is 43.4 Å². The van der Waals surface area contributed by atoms with Gasteiger partial charge in [-0.05, 0) is 25.1 Å². The maximum Gasteiger partial charge on any atom is 0.331 e. The number of hydrogen-bond acceptors (Lipinski definition) is 5. The van der Waals surface area contributed by atoms with Crippen LogP contribution < -0.4 is 15.5 Å². The van der Waals surface area contributed by atoms with Gasteiger partial charge in [0.05, 0.1) is 0 Å². The van der Waals surface area contributed by atoms with Crippen molar-refractivity contribution in [3.8, 4) is 0 Å². The van der Waals surface area contributed by atoms with Gasteiger partial charge in [0.1, 0.15) is 0 Å². The molecule has 1 heterocycles. The molecule has 2 N–H and O–H groups in total. The Morgan fingerprint density at radius 2 is 2.08 bits per heavy atom. The van der Waals surface area contributed by atoms with Gasteiger partial charge >= 0.3 is 6.03 Å². The minimum atomic E-state index is -1.11. The van der Waals surface area contributed by atoms with Crippen molar-refractivity contribution in [3.05, 3.63) is 48.7 Å². The van der Waals surface area contributed by atoms with Crippen LogP contribution in [0, 0.1) is 5.92 Å². The quantitative estimate of drug-likeness (QED) is 0.610. The Bertz CT molecular complexity index is 740. The zero-order chi connectivity index (χ0) is 18.6. The molecule has 1 saturated heterocycles. The SMILES string of the molecule is C=CCN1C(=O)NC(=O)[C@@H](/C(=C/C)Nc2cccc(N(C)C)c2)C1=O. The summed E-state index contributed by atoms with van der Waals surface area (Å²) in [6.07, 6.45) is 3.10. The van der Waals surface area contributed by atoms with Gasteiger partial charge in [0.2, 0.25) is 11.8 Å². The topological polar surface area (TPSA) is 81.8 Å². The molecule has 0 aliphatic carbocycles. The molecular weight excluding hydrogens is 320 g/mol. The molecule has 1 aromatic rings. The molecule has 1 aliphatic heterocycles. The molecule has 25 heavy (non-hydrogen) atoms. The maximum atomic E-state index is 12.6. The molecule has 1 aliphatic rings. The van der Waals surface area contributed by atoms with Gasteiger partial charge in [0.15, 0.2) is 5.92 Å². The van der Waals surface area contributed by atoms with E-state index in [-0.39, 0.29) is 6.54 Å². The van der Waals surface area contributed by atoms with E-state index in [2.05, 4.69) is 17.2 Å². The molecule has 0 radical (unpaired) electrons. The van der Waals surface area contributed by atoms with Gasteiger partial charge in [0.25, 0.3) is 0 Å². The Morgan fingerprint density at radius 1 is 1.36 bits per heavy atom. The number of rotatable bonds is 6. The van der Waals surface area contributed by atoms with Crippen molar-refractivity contribution in [2.45, 2.75) is 6.92 Å². The molecule has 132 valence electrons. The zero-order valence-corrected chi connectivity index (χ0v) is 14.6. The van der Waals surface area contributed by atoms with E-state index in [0.717, 1.165) is 16.3 Å². The lowest BCUT2D eigenvalue weighted by Gasteiger charge is -2.31. The van der Waals surface area contributed by atoms with E-state index in [4.69, 9.17) is 0 Å². The number of benzene rings is 1. The largest absolute Gasteiger partial charge is 0.378 e. The number of allylic oxidation sites excluding steroid dienone is 1. The van der Waals surface area contributed by atoms with Gasteiger partial charge in [-0.15, -0.1) is 6.58 Å². The first-order valence-corrected chi connectivity index (χ1v) is 7.86. The summed E-state index contributed by atoms with van der Waals surface area (Å²) >= 11 is 0. The summed E-state index contributed by atoms with van der Waals surface area (Å²) < 4.78 is 0. The van der Waals surface area contributed by atoms with Crippen molar-refractivity contribution in [2.75, 3.05) is 30.9 Å². The first-order chi connectivity index (χ1) is 11.9. The molecule has 1 aromatic carbocycles. The van der Waals surface area contributed by atoms with E-state index >= 15 is 0 Å². The highest BCUT2D eigenvalue weighted by Gasteiger charge is 2.42. The molecule has 0 spiro atoms. The number of nitrogens with one attached hydrogen (secondary N) is 2. The van der Waals surface area contributed by atoms with Crippen LogP contribution in [0.1, 0.15) is 6.92 Å². The Morgan fingerprint density at radius 3 is 2.68 bits per heavy atom. The molecule has 7 nitrogen and oxygen atoms in total. The van der Waals surface area contributed by atoms with Gasteiger partial charge in [0, 0.05) is 37.7 Å². The number of barbiturate groups is 1. The first-order valence-electron chi connectivity index (χ1n) is 7.86. The number of imide groups is 2. The van der Waals surface area contributed by atoms with Crippen LogP contribution >= 0.6 is 0 Å². The zero-order valence-electron chi connectivity index (χ0n) is 14.6. The minimum absolute atomic E-state index is 0.0432. The fourth-order valence-electron chi connectivity index (χ4n) is 2.53. The summed E-state index contributed by atoms with van der Waals surface area (Å²) in [5.41, 5.74) is 2.13. The Hall–Kier alpha value is -3.09. The monoisotopic (exact) mass is 342 g/mol. The third-order valence-electron chi connectivity index (χ3n) is 3.84. The van der Waals surface area contributed by atoms with Crippen LogP contribution in [0.2, 0.25) is 0 Å². The van der Waals surface area contributed by atoms with Gasteiger partial charge < -0.3 is 10.2 Å². The second kappa shape index (κ2) is 7.65. The molecule has 2 rings (SSSR count). The predicted octanol–water partition coefficient (Wildman–Crippen LogP) is 1.95. The number of anilines is 2. The highest BCUT2D eigenvalue weighted by atomic mass is 16.2. The smallest absolute Gasteiger partial charge is 0.331 e. The molecule has 0 aromatic heterocycles. The summed E-state index contributed by atoms with van der Waals surface area (Å²) in [6.45, 7) is 5.31. The third kappa shape index (κ3) is 3.88. The maximum absolute atomic E-state index is 12.6. The van der Waals surface area contributed by atoms with Crippen molar-refractivity contribution in [1.82, 2.24) is 10.2 Å². The Labute approximate surface area is 147 Å². The summed E-state index contributed by atoms with van der Waals surface area (Å²) in [5.74, 6) is -2.32. The van der Waals surface area contributed by atoms with Crippen LogP contribution in [0.25, 0.3) is 0 Å². The fourth-order valence-corrected chi connectivity index (χ4v) is 2.53. The summed E-state index contributed by atoms with van der Waals surface area (Å²) in [7, 11) is 3.85. The average molecular weight is 342 g/mol. The Kier molecular flexibility index (Phi) is 5.59. The normalized spacial score (nSPS) is 18.0. The molecule has 1 fully saturated rings. The van der Waals surface area contributed by atoms with E-state index in [1.54, 1.807) is 13.0 Å². The van der Waals surface area contributed by atoms with Gasteiger partial charge in [-0.2, -0.15) is 0 Å². The molecule has 1 atom stereocenters. The van der Waals surface area contributed by atoms with Crippen molar-refractivity contribution in [3.63, 3.8) is 0 Å². The van der Waals surface area contributed by atoms with E-state index in [0.29, 0.717) is 5.70 Å². The van der Waals surface area contributed by atoms with E-state index in [9.17, 15) is 14.4 Å². The number of carbonyl (C=O) groups is 3.